The first kappa shape index (κ1) is 14.8. The largest absolute Gasteiger partial charge is 0.481 e. The van der Waals surface area contributed by atoms with Gasteiger partial charge in [-0.2, -0.15) is 0 Å². The van der Waals surface area contributed by atoms with E-state index in [0.29, 0.717) is 13.2 Å². The maximum atomic E-state index is 8.58. The first-order valence-corrected chi connectivity index (χ1v) is 4.83. The van der Waals surface area contributed by atoms with Crippen molar-refractivity contribution in [2.75, 3.05) is 19.8 Å². The summed E-state index contributed by atoms with van der Waals surface area (Å²) < 4.78 is 5.24. The SMILES string of the molecule is C#CCOc1ccc(CNCCO)cc1.Cl. The van der Waals surface area contributed by atoms with Crippen molar-refractivity contribution in [3.8, 4) is 18.1 Å². The van der Waals surface area contributed by atoms with Gasteiger partial charge in [0.15, 0.2) is 0 Å². The lowest BCUT2D eigenvalue weighted by molar-refractivity contribution is 0.292. The molecule has 0 bridgehead atoms. The molecule has 0 saturated heterocycles. The Labute approximate surface area is 102 Å². The highest BCUT2D eigenvalue weighted by atomic mass is 35.5. The summed E-state index contributed by atoms with van der Waals surface area (Å²) in [7, 11) is 0. The highest BCUT2D eigenvalue weighted by Gasteiger charge is 1.94. The maximum absolute atomic E-state index is 8.58. The van der Waals surface area contributed by atoms with Crippen molar-refractivity contribution in [1.82, 2.24) is 5.32 Å². The van der Waals surface area contributed by atoms with Crippen LogP contribution in [0.25, 0.3) is 0 Å². The minimum Gasteiger partial charge on any atom is -0.481 e. The standard InChI is InChI=1S/C12H15NO2.ClH/c1-2-9-15-12-5-3-11(4-6-12)10-13-7-8-14;/h1,3-6,13-14H,7-10H2;1H. The Morgan fingerprint density at radius 3 is 2.56 bits per heavy atom. The van der Waals surface area contributed by atoms with Crippen molar-refractivity contribution in [2.24, 2.45) is 0 Å². The second-order valence-corrected chi connectivity index (χ2v) is 3.04. The van der Waals surface area contributed by atoms with Crippen LogP contribution < -0.4 is 10.1 Å². The van der Waals surface area contributed by atoms with Crippen LogP contribution in [-0.2, 0) is 6.54 Å². The fourth-order valence-electron chi connectivity index (χ4n) is 1.14. The van der Waals surface area contributed by atoms with Crippen molar-refractivity contribution in [3.05, 3.63) is 29.8 Å². The molecule has 0 aliphatic rings. The van der Waals surface area contributed by atoms with Gasteiger partial charge in [-0.15, -0.1) is 18.8 Å². The number of hydrogen-bond donors (Lipinski definition) is 2. The van der Waals surface area contributed by atoms with Gasteiger partial charge in [0, 0.05) is 13.1 Å². The lowest BCUT2D eigenvalue weighted by Crippen LogP contribution is -2.17. The van der Waals surface area contributed by atoms with E-state index < -0.39 is 0 Å². The zero-order valence-corrected chi connectivity index (χ0v) is 9.80. The van der Waals surface area contributed by atoms with Crippen molar-refractivity contribution in [2.45, 2.75) is 6.54 Å². The molecule has 16 heavy (non-hydrogen) atoms. The monoisotopic (exact) mass is 241 g/mol. The quantitative estimate of drug-likeness (QED) is 0.581. The smallest absolute Gasteiger partial charge is 0.148 e. The van der Waals surface area contributed by atoms with Gasteiger partial charge in [-0.25, -0.2) is 0 Å². The van der Waals surface area contributed by atoms with Crippen molar-refractivity contribution in [1.29, 1.82) is 0 Å². The predicted molar refractivity (Wildman–Crippen MR) is 66.8 cm³/mol. The zero-order chi connectivity index (χ0) is 10.9. The molecule has 1 rings (SSSR count). The molecule has 88 valence electrons. The summed E-state index contributed by atoms with van der Waals surface area (Å²) >= 11 is 0. The van der Waals surface area contributed by atoms with Gasteiger partial charge in [-0.3, -0.25) is 0 Å². The number of rotatable bonds is 6. The highest BCUT2D eigenvalue weighted by Crippen LogP contribution is 2.11. The van der Waals surface area contributed by atoms with Gasteiger partial charge in [0.25, 0.3) is 0 Å². The van der Waals surface area contributed by atoms with E-state index >= 15 is 0 Å². The predicted octanol–water partition coefficient (Wildman–Crippen LogP) is 1.20. The molecule has 1 aromatic carbocycles. The topological polar surface area (TPSA) is 41.5 Å². The first-order chi connectivity index (χ1) is 7.36. The van der Waals surface area contributed by atoms with E-state index in [-0.39, 0.29) is 19.0 Å². The van der Waals surface area contributed by atoms with E-state index in [9.17, 15) is 0 Å². The third-order valence-corrected chi connectivity index (χ3v) is 1.86. The molecule has 0 heterocycles. The molecule has 3 nitrogen and oxygen atoms in total. The summed E-state index contributed by atoms with van der Waals surface area (Å²) in [6, 6.07) is 7.70. The lowest BCUT2D eigenvalue weighted by atomic mass is 10.2. The normalized spacial score (nSPS) is 9.00. The van der Waals surface area contributed by atoms with Crippen LogP contribution in [0.3, 0.4) is 0 Å². The van der Waals surface area contributed by atoms with Crippen molar-refractivity contribution >= 4 is 12.4 Å². The summed E-state index contributed by atoms with van der Waals surface area (Å²) in [5.41, 5.74) is 1.15. The Morgan fingerprint density at radius 2 is 2.00 bits per heavy atom. The van der Waals surface area contributed by atoms with Gasteiger partial charge in [-0.05, 0) is 17.7 Å². The third kappa shape index (κ3) is 5.62. The minimum absolute atomic E-state index is 0. The number of nitrogens with one attached hydrogen (secondary N) is 1. The Bertz CT molecular complexity index is 319. The van der Waals surface area contributed by atoms with Gasteiger partial charge in [0.2, 0.25) is 0 Å². The molecule has 0 atom stereocenters. The average Bonchev–Trinajstić information content (AvgIpc) is 2.28. The van der Waals surface area contributed by atoms with Crippen LogP contribution in [-0.4, -0.2) is 24.9 Å². The van der Waals surface area contributed by atoms with Crippen LogP contribution in [0.1, 0.15) is 5.56 Å². The minimum atomic E-state index is 0. The second-order valence-electron chi connectivity index (χ2n) is 3.04. The number of aliphatic hydroxyl groups is 1. The molecule has 4 heteroatoms. The third-order valence-electron chi connectivity index (χ3n) is 1.86. The molecule has 0 saturated carbocycles. The summed E-state index contributed by atoms with van der Waals surface area (Å²) in [5.74, 6) is 3.19. The molecule has 2 N–H and O–H groups in total. The number of halogens is 1. The van der Waals surface area contributed by atoms with E-state index in [0.717, 1.165) is 17.9 Å². The van der Waals surface area contributed by atoms with Crippen LogP contribution in [0.4, 0.5) is 0 Å². The summed E-state index contributed by atoms with van der Waals surface area (Å²) in [6.07, 6.45) is 5.08. The highest BCUT2D eigenvalue weighted by molar-refractivity contribution is 5.85. The fourth-order valence-corrected chi connectivity index (χ4v) is 1.14. The number of hydrogen-bond acceptors (Lipinski definition) is 3. The maximum Gasteiger partial charge on any atom is 0.148 e. The molecule has 0 radical (unpaired) electrons. The fraction of sp³-hybridized carbons (Fsp3) is 0.333. The number of benzene rings is 1. The molecule has 0 aromatic heterocycles. The Hall–Kier alpha value is -1.21. The molecular weight excluding hydrogens is 226 g/mol. The van der Waals surface area contributed by atoms with Crippen LogP contribution in [0.2, 0.25) is 0 Å². The summed E-state index contributed by atoms with van der Waals surface area (Å²) in [4.78, 5) is 0. The molecule has 1 aromatic rings. The molecular formula is C12H16ClNO2. The van der Waals surface area contributed by atoms with Gasteiger partial charge in [0.05, 0.1) is 6.61 Å². The van der Waals surface area contributed by atoms with Crippen molar-refractivity contribution < 1.29 is 9.84 Å². The van der Waals surface area contributed by atoms with Gasteiger partial charge >= 0.3 is 0 Å². The summed E-state index contributed by atoms with van der Waals surface area (Å²) in [6.45, 7) is 1.80. The molecule has 0 unspecified atom stereocenters. The van der Waals surface area contributed by atoms with Crippen LogP contribution in [0.5, 0.6) is 5.75 Å². The first-order valence-electron chi connectivity index (χ1n) is 4.83. The van der Waals surface area contributed by atoms with Crippen LogP contribution in [0.15, 0.2) is 24.3 Å². The summed E-state index contributed by atoms with van der Waals surface area (Å²) in [5, 5.41) is 11.7. The Morgan fingerprint density at radius 1 is 1.31 bits per heavy atom. The van der Waals surface area contributed by atoms with Gasteiger partial charge < -0.3 is 15.2 Å². The van der Waals surface area contributed by atoms with E-state index in [2.05, 4.69) is 11.2 Å². The van der Waals surface area contributed by atoms with Crippen LogP contribution in [0, 0.1) is 12.3 Å². The van der Waals surface area contributed by atoms with Crippen molar-refractivity contribution in [3.63, 3.8) is 0 Å². The Kier molecular flexibility index (Phi) is 8.36. The number of ether oxygens (including phenoxy) is 1. The van der Waals surface area contributed by atoms with Gasteiger partial charge in [-0.1, -0.05) is 18.1 Å². The van der Waals surface area contributed by atoms with E-state index in [4.69, 9.17) is 16.3 Å². The molecule has 0 aliphatic carbocycles. The molecule has 0 amide bonds. The van der Waals surface area contributed by atoms with Gasteiger partial charge in [0.1, 0.15) is 12.4 Å². The molecule has 0 aliphatic heterocycles. The van der Waals surface area contributed by atoms with E-state index in [1.54, 1.807) is 0 Å². The zero-order valence-electron chi connectivity index (χ0n) is 8.98. The lowest BCUT2D eigenvalue weighted by Gasteiger charge is -2.05. The van der Waals surface area contributed by atoms with E-state index in [1.165, 1.54) is 0 Å². The number of terminal acetylenes is 1. The Balaban J connectivity index is 0.00000225. The van der Waals surface area contributed by atoms with E-state index in [1.807, 2.05) is 24.3 Å². The second kappa shape index (κ2) is 9.05. The van der Waals surface area contributed by atoms with Crippen LogP contribution >= 0.6 is 12.4 Å². The average molecular weight is 242 g/mol. The molecule has 0 fully saturated rings. The number of aliphatic hydroxyl groups excluding tert-OH is 1. The molecule has 0 spiro atoms.